The molecule has 6 rings (SSSR count). The molecular formula is C27H35N5O5. The van der Waals surface area contributed by atoms with Crippen LogP contribution in [0.3, 0.4) is 0 Å². The first-order chi connectivity index (χ1) is 17.6. The smallest absolute Gasteiger partial charge is 0.248 e. The zero-order valence-electron chi connectivity index (χ0n) is 21.6. The van der Waals surface area contributed by atoms with Gasteiger partial charge in [0.15, 0.2) is 11.5 Å². The standard InChI is InChI=1S/C27H35N5O5/c1-26(2,3)23(32-13-19(29-30-32)16-4-5-16)25(35)31-12-18(33)11-20(31)24(34)28-14-27(8-9-27)17-6-7-21-22(10-17)37-15-36-21/h6-7,10,13,16,18,20,23,33H,4-5,8-9,11-12,14-15H2,1-3H3,(H,28,34)/t18?,20?,23-/m1/s1. The van der Waals surface area contributed by atoms with Gasteiger partial charge in [0, 0.05) is 37.0 Å². The van der Waals surface area contributed by atoms with Crippen LogP contribution in [0.25, 0.3) is 0 Å². The molecule has 3 heterocycles. The van der Waals surface area contributed by atoms with Crippen molar-refractivity contribution >= 4 is 11.8 Å². The van der Waals surface area contributed by atoms with Gasteiger partial charge in [-0.2, -0.15) is 0 Å². The molecule has 37 heavy (non-hydrogen) atoms. The second-order valence-electron chi connectivity index (χ2n) is 12.1. The normalized spacial score (nSPS) is 24.7. The lowest BCUT2D eigenvalue weighted by Crippen LogP contribution is -2.51. The highest BCUT2D eigenvalue weighted by Crippen LogP contribution is 2.50. The SMILES string of the molecule is CC(C)(C)[C@@H](C(=O)N1CC(O)CC1C(=O)NCC1(c2ccc3c(c2)OCO3)CC1)n1cc(C2CC2)nn1. The summed E-state index contributed by atoms with van der Waals surface area (Å²) in [5.74, 6) is 1.45. The maximum absolute atomic E-state index is 13.9. The molecule has 1 aromatic heterocycles. The Balaban J connectivity index is 1.17. The van der Waals surface area contributed by atoms with Crippen LogP contribution in [0.5, 0.6) is 11.5 Å². The molecule has 2 saturated carbocycles. The number of fused-ring (bicyclic) bond motifs is 1. The number of rotatable bonds is 7. The number of carbonyl (C=O) groups is 2. The lowest BCUT2D eigenvalue weighted by atomic mass is 9.85. The van der Waals surface area contributed by atoms with Gasteiger partial charge >= 0.3 is 0 Å². The van der Waals surface area contributed by atoms with Crippen molar-refractivity contribution in [1.29, 1.82) is 0 Å². The van der Waals surface area contributed by atoms with Crippen LogP contribution in [0.15, 0.2) is 24.4 Å². The Morgan fingerprint density at radius 3 is 2.68 bits per heavy atom. The number of nitrogens with one attached hydrogen (secondary N) is 1. The van der Waals surface area contributed by atoms with Crippen molar-refractivity contribution in [2.75, 3.05) is 19.9 Å². The van der Waals surface area contributed by atoms with Gasteiger partial charge in [0.1, 0.15) is 12.1 Å². The van der Waals surface area contributed by atoms with Crippen LogP contribution in [0, 0.1) is 5.41 Å². The summed E-state index contributed by atoms with van der Waals surface area (Å²) >= 11 is 0. The van der Waals surface area contributed by atoms with Crippen molar-refractivity contribution in [3.8, 4) is 11.5 Å². The molecule has 2 amide bonds. The number of hydrogen-bond acceptors (Lipinski definition) is 7. The number of β-amino-alcohol motifs (C(OH)–C–C–N with tert-alkyl or cyclic N) is 1. The molecule has 10 nitrogen and oxygen atoms in total. The van der Waals surface area contributed by atoms with E-state index in [2.05, 4.69) is 15.6 Å². The molecule has 1 saturated heterocycles. The van der Waals surface area contributed by atoms with Gasteiger partial charge in [-0.3, -0.25) is 9.59 Å². The number of nitrogens with zero attached hydrogens (tertiary/aromatic N) is 4. The summed E-state index contributed by atoms with van der Waals surface area (Å²) in [6.45, 7) is 6.77. The molecule has 0 bridgehead atoms. The largest absolute Gasteiger partial charge is 0.454 e. The van der Waals surface area contributed by atoms with Gasteiger partial charge in [-0.25, -0.2) is 4.68 Å². The van der Waals surface area contributed by atoms with Gasteiger partial charge < -0.3 is 24.8 Å². The summed E-state index contributed by atoms with van der Waals surface area (Å²) in [6, 6.07) is 4.59. The molecule has 1 aromatic carbocycles. The highest BCUT2D eigenvalue weighted by molar-refractivity contribution is 5.90. The van der Waals surface area contributed by atoms with Crippen LogP contribution in [0.1, 0.15) is 76.1 Å². The number of likely N-dealkylation sites (tertiary alicyclic amines) is 1. The van der Waals surface area contributed by atoms with Gasteiger partial charge in [0.05, 0.1) is 11.8 Å². The number of aromatic nitrogens is 3. The Morgan fingerprint density at radius 2 is 1.97 bits per heavy atom. The average Bonchev–Trinajstić information content (AvgIpc) is 3.70. The zero-order valence-corrected chi connectivity index (χ0v) is 21.6. The molecule has 2 aromatic rings. The fraction of sp³-hybridized carbons (Fsp3) is 0.630. The summed E-state index contributed by atoms with van der Waals surface area (Å²) in [5, 5.41) is 22.2. The van der Waals surface area contributed by atoms with Crippen LogP contribution in [0.4, 0.5) is 0 Å². The molecule has 3 fully saturated rings. The summed E-state index contributed by atoms with van der Waals surface area (Å²) in [5.41, 5.74) is 1.42. The number of ether oxygens (including phenoxy) is 2. The number of carbonyl (C=O) groups excluding carboxylic acids is 2. The number of aliphatic hydroxyl groups is 1. The number of aliphatic hydroxyl groups excluding tert-OH is 1. The molecule has 10 heteroatoms. The third kappa shape index (κ3) is 4.56. The fourth-order valence-corrected chi connectivity index (χ4v) is 5.65. The molecule has 198 valence electrons. The first kappa shape index (κ1) is 24.2. The van der Waals surface area contributed by atoms with Crippen LogP contribution >= 0.6 is 0 Å². The maximum Gasteiger partial charge on any atom is 0.248 e. The first-order valence-corrected chi connectivity index (χ1v) is 13.2. The van der Waals surface area contributed by atoms with Gasteiger partial charge in [-0.1, -0.05) is 32.1 Å². The second-order valence-corrected chi connectivity index (χ2v) is 12.1. The number of hydrogen-bond donors (Lipinski definition) is 2. The second kappa shape index (κ2) is 8.72. The van der Waals surface area contributed by atoms with Crippen molar-refractivity contribution in [3.63, 3.8) is 0 Å². The van der Waals surface area contributed by atoms with E-state index in [0.29, 0.717) is 12.5 Å². The topological polar surface area (TPSA) is 119 Å². The summed E-state index contributed by atoms with van der Waals surface area (Å²) in [6.07, 6.45) is 5.46. The predicted octanol–water partition coefficient (Wildman–Crippen LogP) is 2.28. The molecule has 3 atom stereocenters. The van der Waals surface area contributed by atoms with Gasteiger partial charge in [0.25, 0.3) is 0 Å². The highest BCUT2D eigenvalue weighted by Gasteiger charge is 2.48. The van der Waals surface area contributed by atoms with E-state index >= 15 is 0 Å². The molecule has 2 unspecified atom stereocenters. The van der Waals surface area contributed by atoms with Crippen molar-refractivity contribution in [3.05, 3.63) is 35.7 Å². The van der Waals surface area contributed by atoms with Crippen LogP contribution in [-0.4, -0.2) is 68.8 Å². The van der Waals surface area contributed by atoms with E-state index in [1.54, 1.807) is 4.68 Å². The molecule has 0 spiro atoms. The Kier molecular flexibility index (Phi) is 5.70. The van der Waals surface area contributed by atoms with Crippen molar-refractivity contribution in [1.82, 2.24) is 25.2 Å². The van der Waals surface area contributed by atoms with Crippen LogP contribution < -0.4 is 14.8 Å². The Hall–Kier alpha value is -3.14. The summed E-state index contributed by atoms with van der Waals surface area (Å²) < 4.78 is 12.6. The Morgan fingerprint density at radius 1 is 1.22 bits per heavy atom. The molecule has 2 aliphatic carbocycles. The molecule has 2 N–H and O–H groups in total. The van der Waals surface area contributed by atoms with Gasteiger partial charge in [-0.05, 0) is 48.8 Å². The predicted molar refractivity (Wildman–Crippen MR) is 133 cm³/mol. The van der Waals surface area contributed by atoms with Crippen molar-refractivity contribution in [2.45, 2.75) is 82.4 Å². The van der Waals surface area contributed by atoms with Gasteiger partial charge in [0.2, 0.25) is 18.6 Å². The molecule has 2 aliphatic heterocycles. The number of benzene rings is 1. The first-order valence-electron chi connectivity index (χ1n) is 13.2. The Bertz CT molecular complexity index is 1210. The lowest BCUT2D eigenvalue weighted by Gasteiger charge is -2.34. The quantitative estimate of drug-likeness (QED) is 0.588. The lowest BCUT2D eigenvalue weighted by molar-refractivity contribution is -0.144. The minimum Gasteiger partial charge on any atom is -0.454 e. The fourth-order valence-electron chi connectivity index (χ4n) is 5.65. The Labute approximate surface area is 216 Å². The summed E-state index contributed by atoms with van der Waals surface area (Å²) in [7, 11) is 0. The van der Waals surface area contributed by atoms with E-state index in [1.165, 1.54) is 4.90 Å². The van der Waals surface area contributed by atoms with E-state index in [-0.39, 0.29) is 37.0 Å². The minimum absolute atomic E-state index is 0.126. The summed E-state index contributed by atoms with van der Waals surface area (Å²) in [4.78, 5) is 28.9. The van der Waals surface area contributed by atoms with E-state index in [9.17, 15) is 14.7 Å². The molecule has 4 aliphatic rings. The highest BCUT2D eigenvalue weighted by atomic mass is 16.7. The molecular weight excluding hydrogens is 474 g/mol. The van der Waals surface area contributed by atoms with E-state index in [1.807, 2.05) is 45.2 Å². The van der Waals surface area contributed by atoms with Crippen molar-refractivity contribution in [2.24, 2.45) is 5.41 Å². The van der Waals surface area contributed by atoms with E-state index in [0.717, 1.165) is 48.4 Å². The monoisotopic (exact) mass is 509 g/mol. The third-order valence-corrected chi connectivity index (χ3v) is 8.15. The zero-order chi connectivity index (χ0) is 25.9. The van der Waals surface area contributed by atoms with Crippen molar-refractivity contribution < 1.29 is 24.2 Å². The van der Waals surface area contributed by atoms with E-state index in [4.69, 9.17) is 9.47 Å². The third-order valence-electron chi connectivity index (χ3n) is 8.15. The average molecular weight is 510 g/mol. The minimum atomic E-state index is -0.748. The maximum atomic E-state index is 13.9. The van der Waals surface area contributed by atoms with Crippen LogP contribution in [0.2, 0.25) is 0 Å². The number of amides is 2. The van der Waals surface area contributed by atoms with Gasteiger partial charge in [-0.15, -0.1) is 5.10 Å². The van der Waals surface area contributed by atoms with Crippen LogP contribution in [-0.2, 0) is 15.0 Å². The van der Waals surface area contributed by atoms with E-state index < -0.39 is 23.6 Å². The molecule has 0 radical (unpaired) electrons.